The molecule has 33 heavy (non-hydrogen) atoms. The lowest BCUT2D eigenvalue weighted by atomic mass is 9.99. The third kappa shape index (κ3) is 5.60. The van der Waals surface area contributed by atoms with Gasteiger partial charge in [-0.2, -0.15) is 0 Å². The Morgan fingerprint density at radius 2 is 1.12 bits per heavy atom. The van der Waals surface area contributed by atoms with Crippen molar-refractivity contribution in [1.82, 2.24) is 0 Å². The van der Waals surface area contributed by atoms with Crippen LogP contribution in [0.4, 0.5) is 0 Å². The summed E-state index contributed by atoms with van der Waals surface area (Å²) in [6.07, 6.45) is 22.1. The van der Waals surface area contributed by atoms with Crippen LogP contribution >= 0.6 is 15.8 Å². The fourth-order valence-corrected chi connectivity index (χ4v) is 13.2. The van der Waals surface area contributed by atoms with Crippen LogP contribution in [-0.4, -0.2) is 17.0 Å². The Hall–Kier alpha value is -0.700. The maximum Gasteiger partial charge on any atom is 0.0120 e. The van der Waals surface area contributed by atoms with Gasteiger partial charge in [0.05, 0.1) is 0 Å². The first-order valence-electron chi connectivity index (χ1n) is 13.3. The Kier molecular flexibility index (Phi) is 8.60. The molecule has 0 amide bonds. The second-order valence-electron chi connectivity index (χ2n) is 10.1. The molecule has 5 rings (SSSR count). The Morgan fingerprint density at radius 3 is 1.61 bits per heavy atom. The lowest BCUT2D eigenvalue weighted by molar-refractivity contribution is 0.484. The molecule has 3 saturated carbocycles. The molecule has 0 aliphatic heterocycles. The standard InChI is InChI=1S/C31H39P2/c1-25(32(26-15-6-2-7-16-26)27-17-8-3-9-18-27)30-23-14-24-31(30)33(28-19-10-4-11-20-28)29-21-12-5-13-22-29/h2-3,6-9,14-18,23-25,28-29H,4-5,10-13,19-22H2,1H3/t25-/m1/s1. The smallest absolute Gasteiger partial charge is 0.0120 e. The van der Waals surface area contributed by atoms with Crippen LogP contribution in [0.2, 0.25) is 0 Å². The minimum Gasteiger partial charge on any atom is -0.0921 e. The molecule has 2 aromatic rings. The fourth-order valence-electron chi connectivity index (χ4n) is 6.34. The normalized spacial score (nSPS) is 22.9. The molecule has 5 radical (unpaired) electrons. The fraction of sp³-hybridized carbons (Fsp3) is 0.452. The van der Waals surface area contributed by atoms with E-state index in [4.69, 9.17) is 0 Å². The van der Waals surface area contributed by atoms with Crippen molar-refractivity contribution in [2.45, 2.75) is 88.1 Å². The average molecular weight is 474 g/mol. The molecule has 0 aromatic heterocycles. The predicted molar refractivity (Wildman–Crippen MR) is 149 cm³/mol. The van der Waals surface area contributed by atoms with E-state index in [1.54, 1.807) is 11.6 Å². The highest BCUT2D eigenvalue weighted by molar-refractivity contribution is 7.74. The van der Waals surface area contributed by atoms with Gasteiger partial charge in [-0.05, 0) is 86.4 Å². The summed E-state index contributed by atoms with van der Waals surface area (Å²) >= 11 is 0. The van der Waals surface area contributed by atoms with Crippen LogP contribution in [0.3, 0.4) is 0 Å². The van der Waals surface area contributed by atoms with E-state index in [0.717, 1.165) is 11.3 Å². The summed E-state index contributed by atoms with van der Waals surface area (Å²) in [5, 5.41) is 3.02. The largest absolute Gasteiger partial charge is 0.0921 e. The summed E-state index contributed by atoms with van der Waals surface area (Å²) in [5.74, 6) is 1.68. The minimum absolute atomic E-state index is 0.0605. The first-order valence-corrected chi connectivity index (χ1v) is 16.2. The van der Waals surface area contributed by atoms with E-state index < -0.39 is 7.92 Å². The Bertz CT molecular complexity index is 765. The molecule has 0 unspecified atom stereocenters. The van der Waals surface area contributed by atoms with Crippen molar-refractivity contribution < 1.29 is 0 Å². The van der Waals surface area contributed by atoms with E-state index in [2.05, 4.69) is 86.8 Å². The first-order chi connectivity index (χ1) is 16.3. The van der Waals surface area contributed by atoms with Gasteiger partial charge in [0.25, 0.3) is 0 Å². The van der Waals surface area contributed by atoms with Crippen LogP contribution in [0.15, 0.2) is 60.7 Å². The van der Waals surface area contributed by atoms with Crippen molar-refractivity contribution in [2.75, 3.05) is 0 Å². The van der Waals surface area contributed by atoms with Crippen LogP contribution in [0.5, 0.6) is 0 Å². The van der Waals surface area contributed by atoms with Gasteiger partial charge in [0.2, 0.25) is 0 Å². The van der Waals surface area contributed by atoms with Crippen molar-refractivity contribution in [3.8, 4) is 0 Å². The summed E-state index contributed by atoms with van der Waals surface area (Å²) < 4.78 is 0. The highest BCUT2D eigenvalue weighted by atomic mass is 31.1. The molecule has 0 N–H and O–H groups in total. The highest BCUT2D eigenvalue weighted by Crippen LogP contribution is 2.69. The van der Waals surface area contributed by atoms with Gasteiger partial charge in [0.15, 0.2) is 0 Å². The monoisotopic (exact) mass is 473 g/mol. The van der Waals surface area contributed by atoms with E-state index in [1.807, 2.05) is 0 Å². The molecule has 173 valence electrons. The van der Waals surface area contributed by atoms with E-state index in [0.29, 0.717) is 5.66 Å². The topological polar surface area (TPSA) is 0 Å². The Morgan fingerprint density at radius 1 is 0.636 bits per heavy atom. The van der Waals surface area contributed by atoms with Gasteiger partial charge in [-0.15, -0.1) is 0 Å². The van der Waals surface area contributed by atoms with Crippen LogP contribution in [0, 0.1) is 30.8 Å². The number of hydrogen-bond donors (Lipinski definition) is 0. The molecule has 3 aliphatic carbocycles. The number of benzene rings is 2. The summed E-state index contributed by atoms with van der Waals surface area (Å²) in [6, 6.07) is 22.7. The zero-order chi connectivity index (χ0) is 22.5. The Labute approximate surface area is 205 Å². The van der Waals surface area contributed by atoms with Gasteiger partial charge in [-0.1, -0.05) is 114 Å². The minimum atomic E-state index is -0.428. The molecular formula is C31H39P2. The quantitative estimate of drug-likeness (QED) is 0.354. The lowest BCUT2D eigenvalue weighted by Crippen LogP contribution is -2.30. The highest BCUT2D eigenvalue weighted by Gasteiger charge is 2.46. The molecule has 0 heterocycles. The van der Waals surface area contributed by atoms with Gasteiger partial charge in [-0.25, -0.2) is 0 Å². The number of hydrogen-bond acceptors (Lipinski definition) is 0. The molecule has 0 spiro atoms. The molecule has 0 nitrogen and oxygen atoms in total. The molecule has 0 saturated heterocycles. The zero-order valence-electron chi connectivity index (χ0n) is 20.2. The third-order valence-electron chi connectivity index (χ3n) is 7.95. The summed E-state index contributed by atoms with van der Waals surface area (Å²) in [5.41, 5.74) is 4.26. The SMILES string of the molecule is C[C@H]([C]1[CH][CH][CH][C]1P(C1CCCCC1)C1CCCCC1)P(c1ccccc1)c1ccccc1. The van der Waals surface area contributed by atoms with Gasteiger partial charge >= 0.3 is 0 Å². The summed E-state index contributed by atoms with van der Waals surface area (Å²) in [6.45, 7) is 2.53. The van der Waals surface area contributed by atoms with Gasteiger partial charge < -0.3 is 0 Å². The zero-order valence-corrected chi connectivity index (χ0v) is 22.0. The summed E-state index contributed by atoms with van der Waals surface area (Å²) in [7, 11) is -0.489. The van der Waals surface area contributed by atoms with Crippen LogP contribution in [0.25, 0.3) is 0 Å². The molecule has 0 bridgehead atoms. The number of rotatable bonds is 7. The van der Waals surface area contributed by atoms with E-state index in [9.17, 15) is 0 Å². The van der Waals surface area contributed by atoms with Crippen molar-refractivity contribution in [1.29, 1.82) is 0 Å². The van der Waals surface area contributed by atoms with Crippen molar-refractivity contribution >= 4 is 26.5 Å². The molecule has 2 aromatic carbocycles. The van der Waals surface area contributed by atoms with E-state index in [-0.39, 0.29) is 7.92 Å². The molecule has 3 fully saturated rings. The maximum atomic E-state index is 2.56. The molecule has 1 atom stereocenters. The van der Waals surface area contributed by atoms with Crippen LogP contribution in [-0.2, 0) is 0 Å². The van der Waals surface area contributed by atoms with E-state index >= 15 is 0 Å². The van der Waals surface area contributed by atoms with Crippen LogP contribution in [0.1, 0.15) is 71.1 Å². The Balaban J connectivity index is 1.45. The third-order valence-corrected chi connectivity index (χ3v) is 14.3. The van der Waals surface area contributed by atoms with E-state index in [1.165, 1.54) is 74.8 Å². The molecule has 2 heteroatoms. The van der Waals surface area contributed by atoms with Gasteiger partial charge in [0.1, 0.15) is 0 Å². The summed E-state index contributed by atoms with van der Waals surface area (Å²) in [4.78, 5) is 0. The van der Waals surface area contributed by atoms with Crippen molar-refractivity contribution in [3.05, 3.63) is 91.5 Å². The molecular weight excluding hydrogens is 434 g/mol. The van der Waals surface area contributed by atoms with Crippen molar-refractivity contribution in [2.24, 2.45) is 0 Å². The molecule has 3 aliphatic rings. The lowest BCUT2D eigenvalue weighted by Gasteiger charge is -2.45. The maximum absolute atomic E-state index is 2.56. The second-order valence-corrected chi connectivity index (χ2v) is 15.4. The van der Waals surface area contributed by atoms with Gasteiger partial charge in [0, 0.05) is 5.66 Å². The average Bonchev–Trinajstić information content (AvgIpc) is 3.36. The van der Waals surface area contributed by atoms with Gasteiger partial charge in [-0.3, -0.25) is 0 Å². The van der Waals surface area contributed by atoms with Crippen molar-refractivity contribution in [3.63, 3.8) is 0 Å². The predicted octanol–water partition coefficient (Wildman–Crippen LogP) is 8.39. The second kappa shape index (κ2) is 11.8. The van der Waals surface area contributed by atoms with Crippen LogP contribution < -0.4 is 10.6 Å². The first kappa shape index (κ1) is 24.0.